The fraction of sp³-hybridized carbons (Fsp3) is 0.214. The van der Waals surface area contributed by atoms with Gasteiger partial charge in [-0.2, -0.15) is 18.4 Å². The van der Waals surface area contributed by atoms with Crippen LogP contribution in [0.1, 0.15) is 23.6 Å². The van der Waals surface area contributed by atoms with E-state index in [1.807, 2.05) is 6.07 Å². The summed E-state index contributed by atoms with van der Waals surface area (Å²) < 4.78 is 81.7. The number of hydrogen-bond donors (Lipinski definition) is 0. The lowest BCUT2D eigenvalue weighted by Crippen LogP contribution is -2.58. The van der Waals surface area contributed by atoms with Gasteiger partial charge in [-0.15, -0.1) is 11.3 Å². The van der Waals surface area contributed by atoms with E-state index in [-0.39, 0.29) is 35.2 Å². The Labute approximate surface area is 238 Å². The van der Waals surface area contributed by atoms with Crippen molar-refractivity contribution < 1.29 is 31.1 Å². The number of halogens is 3. The van der Waals surface area contributed by atoms with Gasteiger partial charge in [-0.1, -0.05) is 24.3 Å². The SMILES string of the molecule is COc1ccc(CN(c2nccs2)S(=O)(=O)C2(C)CN(c3ccc(C(F)(F)F)cc3C#N)c3ccccc3O2)cc1. The first-order chi connectivity index (χ1) is 19.5. The maximum absolute atomic E-state index is 14.5. The van der Waals surface area contributed by atoms with E-state index < -0.39 is 26.7 Å². The molecule has 0 amide bonds. The predicted molar refractivity (Wildman–Crippen MR) is 149 cm³/mol. The van der Waals surface area contributed by atoms with Gasteiger partial charge in [-0.3, -0.25) is 0 Å². The molecule has 4 aromatic rings. The van der Waals surface area contributed by atoms with Gasteiger partial charge in [0.15, 0.2) is 5.13 Å². The van der Waals surface area contributed by atoms with Gasteiger partial charge in [0.2, 0.25) is 4.93 Å². The minimum absolute atomic E-state index is 0.0653. The van der Waals surface area contributed by atoms with Gasteiger partial charge in [0.05, 0.1) is 42.7 Å². The van der Waals surface area contributed by atoms with Gasteiger partial charge in [0, 0.05) is 11.6 Å². The highest BCUT2D eigenvalue weighted by atomic mass is 32.2. The Morgan fingerprint density at radius 1 is 1.15 bits per heavy atom. The van der Waals surface area contributed by atoms with Gasteiger partial charge in [0.25, 0.3) is 10.0 Å². The van der Waals surface area contributed by atoms with E-state index in [1.165, 1.54) is 31.2 Å². The summed E-state index contributed by atoms with van der Waals surface area (Å²) in [5.41, 5.74) is -0.0489. The van der Waals surface area contributed by atoms with Crippen molar-refractivity contribution in [2.24, 2.45) is 0 Å². The molecule has 0 spiro atoms. The molecule has 0 fully saturated rings. The summed E-state index contributed by atoms with van der Waals surface area (Å²) in [6.45, 7) is 1.01. The van der Waals surface area contributed by atoms with Crippen LogP contribution in [0.15, 0.2) is 78.3 Å². The lowest BCUT2D eigenvalue weighted by atomic mass is 10.1. The van der Waals surface area contributed by atoms with E-state index >= 15 is 0 Å². The number of thiazole rings is 1. The molecule has 1 atom stereocenters. The number of nitriles is 1. The number of hydrogen-bond acceptors (Lipinski definition) is 8. The highest BCUT2D eigenvalue weighted by Crippen LogP contribution is 2.46. The van der Waals surface area contributed by atoms with Crippen molar-refractivity contribution in [3.8, 4) is 17.6 Å². The predicted octanol–water partition coefficient (Wildman–Crippen LogP) is 6.33. The normalized spacial score (nSPS) is 16.8. The summed E-state index contributed by atoms with van der Waals surface area (Å²) in [7, 11) is -2.84. The molecule has 2 heterocycles. The standard InChI is InChI=1S/C28H23F3N4O4S2/c1-27(41(36,37)35(26-33-13-14-40-26)17-19-7-10-22(38-2)11-8-19)18-34(24-5-3-4-6-25(24)39-27)23-12-9-21(28(29,30)31)15-20(23)16-32/h3-15H,17-18H2,1-2H3. The number of ether oxygens (including phenoxy) is 2. The minimum Gasteiger partial charge on any atom is -0.497 e. The van der Waals surface area contributed by atoms with Crippen molar-refractivity contribution in [3.63, 3.8) is 0 Å². The highest BCUT2D eigenvalue weighted by molar-refractivity contribution is 7.94. The highest BCUT2D eigenvalue weighted by Gasteiger charge is 2.51. The Balaban J connectivity index is 1.60. The third kappa shape index (κ3) is 5.28. The molecular formula is C28H23F3N4O4S2. The van der Waals surface area contributed by atoms with E-state index in [9.17, 15) is 26.9 Å². The Morgan fingerprint density at radius 2 is 1.88 bits per heavy atom. The van der Waals surface area contributed by atoms with Gasteiger partial charge in [-0.25, -0.2) is 17.7 Å². The second kappa shape index (κ2) is 10.6. The lowest BCUT2D eigenvalue weighted by Gasteiger charge is -2.44. The van der Waals surface area contributed by atoms with Crippen LogP contribution in [0.4, 0.5) is 29.7 Å². The Kier molecular flexibility index (Phi) is 7.31. The van der Waals surface area contributed by atoms with Crippen molar-refractivity contribution >= 4 is 37.9 Å². The zero-order valence-electron chi connectivity index (χ0n) is 21.8. The molecule has 1 aromatic heterocycles. The van der Waals surface area contributed by atoms with Crippen LogP contribution >= 0.6 is 11.3 Å². The second-order valence-electron chi connectivity index (χ2n) is 9.31. The summed E-state index contributed by atoms with van der Waals surface area (Å²) in [6, 6.07) is 18.1. The minimum atomic E-state index is -4.65. The van der Waals surface area contributed by atoms with Crippen LogP contribution in [0.5, 0.6) is 11.5 Å². The molecule has 8 nitrogen and oxygen atoms in total. The Bertz CT molecular complexity index is 1710. The summed E-state index contributed by atoms with van der Waals surface area (Å²) in [5, 5.41) is 11.6. The topological polar surface area (TPSA) is 95.8 Å². The van der Waals surface area contributed by atoms with Crippen LogP contribution in [0.25, 0.3) is 0 Å². The van der Waals surface area contributed by atoms with E-state index in [1.54, 1.807) is 53.9 Å². The van der Waals surface area contributed by atoms with E-state index in [0.29, 0.717) is 17.0 Å². The largest absolute Gasteiger partial charge is 0.497 e. The molecule has 41 heavy (non-hydrogen) atoms. The van der Waals surface area contributed by atoms with Crippen molar-refractivity contribution in [1.82, 2.24) is 4.98 Å². The first kappa shape index (κ1) is 28.3. The van der Waals surface area contributed by atoms with Crippen LogP contribution in [-0.4, -0.2) is 32.0 Å². The van der Waals surface area contributed by atoms with Crippen LogP contribution in [0.3, 0.4) is 0 Å². The number of alkyl halides is 3. The molecule has 0 saturated carbocycles. The molecular weight excluding hydrogens is 577 g/mol. The van der Waals surface area contributed by atoms with Gasteiger partial charge < -0.3 is 14.4 Å². The number of methoxy groups -OCH3 is 1. The Hall–Kier alpha value is -4.28. The number of sulfonamides is 1. The third-order valence-corrected chi connectivity index (χ3v) is 9.71. The number of rotatable bonds is 7. The number of fused-ring (bicyclic) bond motifs is 1. The van der Waals surface area contributed by atoms with Crippen molar-refractivity contribution in [3.05, 3.63) is 95.0 Å². The van der Waals surface area contributed by atoms with Gasteiger partial charge >= 0.3 is 6.18 Å². The number of benzene rings is 3. The summed E-state index contributed by atoms with van der Waals surface area (Å²) >= 11 is 1.13. The first-order valence-corrected chi connectivity index (χ1v) is 14.5. The molecule has 1 unspecified atom stereocenters. The smallest absolute Gasteiger partial charge is 0.416 e. The van der Waals surface area contributed by atoms with Crippen LogP contribution in [-0.2, 0) is 22.7 Å². The van der Waals surface area contributed by atoms with Crippen molar-refractivity contribution in [2.75, 3.05) is 22.9 Å². The summed E-state index contributed by atoms with van der Waals surface area (Å²) in [4.78, 5) is 3.81. The second-order valence-corrected chi connectivity index (χ2v) is 12.4. The molecule has 0 radical (unpaired) electrons. The van der Waals surface area contributed by atoms with Crippen LogP contribution < -0.4 is 18.7 Å². The van der Waals surface area contributed by atoms with Crippen molar-refractivity contribution in [1.29, 1.82) is 5.26 Å². The van der Waals surface area contributed by atoms with Gasteiger partial charge in [-0.05, 0) is 55.0 Å². The molecule has 1 aliphatic heterocycles. The first-order valence-electron chi connectivity index (χ1n) is 12.2. The maximum Gasteiger partial charge on any atom is 0.416 e. The maximum atomic E-state index is 14.5. The molecule has 212 valence electrons. The van der Waals surface area contributed by atoms with Crippen LogP contribution in [0.2, 0.25) is 0 Å². The molecule has 13 heteroatoms. The quantitative estimate of drug-likeness (QED) is 0.245. The zero-order chi connectivity index (χ0) is 29.4. The van der Waals surface area contributed by atoms with E-state index in [0.717, 1.165) is 27.8 Å². The molecule has 0 aliphatic carbocycles. The zero-order valence-corrected chi connectivity index (χ0v) is 23.4. The van der Waals surface area contributed by atoms with Crippen molar-refractivity contribution in [2.45, 2.75) is 24.6 Å². The van der Waals surface area contributed by atoms with E-state index in [2.05, 4.69) is 4.98 Å². The number of aromatic nitrogens is 1. The third-order valence-electron chi connectivity index (χ3n) is 6.62. The average Bonchev–Trinajstić information content (AvgIpc) is 3.49. The number of nitrogens with zero attached hydrogens (tertiary/aromatic N) is 4. The lowest BCUT2D eigenvalue weighted by molar-refractivity contribution is -0.137. The fourth-order valence-corrected chi connectivity index (χ4v) is 7.01. The molecule has 0 N–H and O–H groups in total. The summed E-state index contributed by atoms with van der Waals surface area (Å²) in [5.74, 6) is 0.800. The monoisotopic (exact) mass is 600 g/mol. The molecule has 3 aromatic carbocycles. The molecule has 5 rings (SSSR count). The fourth-order valence-electron chi connectivity index (χ4n) is 4.51. The molecule has 0 bridgehead atoms. The van der Waals surface area contributed by atoms with E-state index in [4.69, 9.17) is 9.47 Å². The van der Waals surface area contributed by atoms with Gasteiger partial charge in [0.1, 0.15) is 17.6 Å². The molecule has 0 saturated heterocycles. The summed E-state index contributed by atoms with van der Waals surface area (Å²) in [6.07, 6.45) is -3.16. The average molecular weight is 601 g/mol. The Morgan fingerprint density at radius 3 is 2.51 bits per heavy atom. The number of anilines is 3. The molecule has 1 aliphatic rings. The van der Waals surface area contributed by atoms with Crippen LogP contribution in [0, 0.1) is 11.3 Å². The number of para-hydroxylation sites is 2.